The Labute approximate surface area is 162 Å². The third kappa shape index (κ3) is 5.23. The molecule has 0 aliphatic heterocycles. The van der Waals surface area contributed by atoms with Gasteiger partial charge in [0.05, 0.1) is 6.67 Å². The van der Waals surface area contributed by atoms with Crippen molar-refractivity contribution in [3.05, 3.63) is 128 Å². The molecule has 134 valence electrons. The maximum Gasteiger partial charge on any atom is 0.0994 e. The van der Waals surface area contributed by atoms with Crippen LogP contribution in [0.4, 0.5) is 17.1 Å². The van der Waals surface area contributed by atoms with E-state index in [1.165, 1.54) is 0 Å². The number of nitrogens with zero attached hydrogens (tertiary/aromatic N) is 2. The van der Waals surface area contributed by atoms with Gasteiger partial charge in [-0.25, -0.2) is 0 Å². The molecular formula is C25H24N2. The van der Waals surface area contributed by atoms with E-state index in [0.29, 0.717) is 6.67 Å². The predicted molar refractivity (Wildman–Crippen MR) is 117 cm³/mol. The van der Waals surface area contributed by atoms with Crippen LogP contribution in [0.3, 0.4) is 0 Å². The van der Waals surface area contributed by atoms with Crippen molar-refractivity contribution in [1.82, 2.24) is 0 Å². The lowest BCUT2D eigenvalue weighted by molar-refractivity contribution is 0.920. The molecule has 27 heavy (non-hydrogen) atoms. The minimum Gasteiger partial charge on any atom is -0.329 e. The van der Waals surface area contributed by atoms with Crippen LogP contribution in [0.1, 0.15) is 0 Å². The van der Waals surface area contributed by atoms with Crippen LogP contribution < -0.4 is 9.80 Å². The second-order valence-electron chi connectivity index (χ2n) is 6.01. The lowest BCUT2D eigenvalue weighted by Crippen LogP contribution is -2.31. The molecule has 0 heterocycles. The van der Waals surface area contributed by atoms with E-state index in [2.05, 4.69) is 95.4 Å². The third-order valence-corrected chi connectivity index (χ3v) is 4.14. The van der Waals surface area contributed by atoms with Crippen LogP contribution in [0.5, 0.6) is 0 Å². The fourth-order valence-corrected chi connectivity index (χ4v) is 2.81. The van der Waals surface area contributed by atoms with Crippen molar-refractivity contribution >= 4 is 17.1 Å². The van der Waals surface area contributed by atoms with Gasteiger partial charge >= 0.3 is 0 Å². The highest BCUT2D eigenvalue weighted by atomic mass is 15.3. The van der Waals surface area contributed by atoms with Crippen LogP contribution in [-0.4, -0.2) is 6.67 Å². The highest BCUT2D eigenvalue weighted by molar-refractivity contribution is 5.65. The summed E-state index contributed by atoms with van der Waals surface area (Å²) in [6.07, 6.45) is 9.80. The SMILES string of the molecule is C=C/C=C\C=C\N(CN(c1ccccc1)c1ccccc1)c1ccccc1. The van der Waals surface area contributed by atoms with Gasteiger partial charge < -0.3 is 9.80 Å². The maximum absolute atomic E-state index is 3.72. The standard InChI is InChI=1S/C25H24N2/c1-2-3-4-14-21-26(23-15-8-5-9-16-23)22-27(24-17-10-6-11-18-24)25-19-12-7-13-20-25/h2-21H,1,22H2/b4-3-,21-14+. The number of anilines is 3. The van der Waals surface area contributed by atoms with Crippen molar-refractivity contribution in [3.63, 3.8) is 0 Å². The molecule has 0 saturated carbocycles. The van der Waals surface area contributed by atoms with Gasteiger partial charge in [0.15, 0.2) is 0 Å². The predicted octanol–water partition coefficient (Wildman–Crippen LogP) is 6.54. The summed E-state index contributed by atoms with van der Waals surface area (Å²) in [5.41, 5.74) is 3.44. The van der Waals surface area contributed by atoms with Gasteiger partial charge in [0, 0.05) is 23.3 Å². The second-order valence-corrected chi connectivity index (χ2v) is 6.01. The molecule has 0 saturated heterocycles. The fraction of sp³-hybridized carbons (Fsp3) is 0.0400. The summed E-state index contributed by atoms with van der Waals surface area (Å²) in [6.45, 7) is 4.41. The number of hydrogen-bond acceptors (Lipinski definition) is 2. The van der Waals surface area contributed by atoms with Crippen molar-refractivity contribution in [2.24, 2.45) is 0 Å². The fourth-order valence-electron chi connectivity index (χ4n) is 2.81. The lowest BCUT2D eigenvalue weighted by atomic mass is 10.2. The summed E-state index contributed by atoms with van der Waals surface area (Å²) in [6, 6.07) is 31.3. The molecule has 2 nitrogen and oxygen atoms in total. The van der Waals surface area contributed by atoms with Crippen LogP contribution in [0, 0.1) is 0 Å². The lowest BCUT2D eigenvalue weighted by Gasteiger charge is -2.31. The average Bonchev–Trinajstić information content (AvgIpc) is 2.75. The van der Waals surface area contributed by atoms with Crippen molar-refractivity contribution in [2.75, 3.05) is 16.5 Å². The Balaban J connectivity index is 1.95. The van der Waals surface area contributed by atoms with E-state index >= 15 is 0 Å². The molecule has 2 heteroatoms. The first-order chi connectivity index (χ1) is 13.4. The normalized spacial score (nSPS) is 11.0. The number of para-hydroxylation sites is 3. The van der Waals surface area contributed by atoms with E-state index in [-0.39, 0.29) is 0 Å². The minimum atomic E-state index is 0.691. The van der Waals surface area contributed by atoms with E-state index in [1.54, 1.807) is 6.08 Å². The topological polar surface area (TPSA) is 6.48 Å². The number of allylic oxidation sites excluding steroid dienone is 4. The molecule has 0 aliphatic rings. The van der Waals surface area contributed by atoms with Crippen molar-refractivity contribution in [1.29, 1.82) is 0 Å². The Hall–Kier alpha value is -3.52. The summed E-state index contributed by atoms with van der Waals surface area (Å²) in [7, 11) is 0. The smallest absolute Gasteiger partial charge is 0.0994 e. The van der Waals surface area contributed by atoms with Crippen molar-refractivity contribution < 1.29 is 0 Å². The molecule has 0 bridgehead atoms. The zero-order valence-electron chi connectivity index (χ0n) is 15.4. The van der Waals surface area contributed by atoms with Gasteiger partial charge in [-0.05, 0) is 42.5 Å². The van der Waals surface area contributed by atoms with E-state index in [1.807, 2.05) is 36.4 Å². The van der Waals surface area contributed by atoms with E-state index in [0.717, 1.165) is 17.1 Å². The molecule has 0 atom stereocenters. The largest absolute Gasteiger partial charge is 0.329 e. The minimum absolute atomic E-state index is 0.691. The van der Waals surface area contributed by atoms with Crippen molar-refractivity contribution in [2.45, 2.75) is 0 Å². The monoisotopic (exact) mass is 352 g/mol. The summed E-state index contributed by atoms with van der Waals surface area (Å²) in [5, 5.41) is 0. The number of benzene rings is 3. The van der Waals surface area contributed by atoms with Gasteiger partial charge in [-0.3, -0.25) is 0 Å². The number of rotatable bonds is 8. The first-order valence-corrected chi connectivity index (χ1v) is 9.04. The van der Waals surface area contributed by atoms with Crippen LogP contribution in [0.15, 0.2) is 128 Å². The summed E-state index contributed by atoms with van der Waals surface area (Å²) in [5.74, 6) is 0. The second kappa shape index (κ2) is 9.83. The quantitative estimate of drug-likeness (QED) is 0.335. The number of hydrogen-bond donors (Lipinski definition) is 0. The zero-order valence-corrected chi connectivity index (χ0v) is 15.4. The first-order valence-electron chi connectivity index (χ1n) is 9.04. The van der Waals surface area contributed by atoms with E-state index < -0.39 is 0 Å². The molecule has 0 amide bonds. The third-order valence-electron chi connectivity index (χ3n) is 4.14. The Kier molecular flexibility index (Phi) is 6.66. The van der Waals surface area contributed by atoms with Gasteiger partial charge in [-0.1, -0.05) is 79.4 Å². The van der Waals surface area contributed by atoms with E-state index in [4.69, 9.17) is 0 Å². The van der Waals surface area contributed by atoms with Gasteiger partial charge in [0.1, 0.15) is 0 Å². The molecule has 0 radical (unpaired) electrons. The summed E-state index contributed by atoms with van der Waals surface area (Å²) < 4.78 is 0. The highest BCUT2D eigenvalue weighted by Crippen LogP contribution is 2.27. The van der Waals surface area contributed by atoms with Crippen LogP contribution >= 0.6 is 0 Å². The Morgan fingerprint density at radius 2 is 1.07 bits per heavy atom. The maximum atomic E-state index is 3.72. The van der Waals surface area contributed by atoms with Crippen LogP contribution in [-0.2, 0) is 0 Å². The molecule has 0 unspecified atom stereocenters. The Morgan fingerprint density at radius 1 is 0.593 bits per heavy atom. The molecule has 0 aliphatic carbocycles. The molecule has 3 aromatic carbocycles. The highest BCUT2D eigenvalue weighted by Gasteiger charge is 2.13. The summed E-state index contributed by atoms with van der Waals surface area (Å²) in [4.78, 5) is 4.53. The molecule has 3 rings (SSSR count). The Morgan fingerprint density at radius 3 is 1.56 bits per heavy atom. The molecular weight excluding hydrogens is 328 g/mol. The van der Waals surface area contributed by atoms with Gasteiger partial charge in [0.25, 0.3) is 0 Å². The molecule has 0 N–H and O–H groups in total. The van der Waals surface area contributed by atoms with E-state index in [9.17, 15) is 0 Å². The van der Waals surface area contributed by atoms with Gasteiger partial charge in [-0.2, -0.15) is 0 Å². The Bertz CT molecular complexity index is 828. The van der Waals surface area contributed by atoms with Gasteiger partial charge in [-0.15, -0.1) is 0 Å². The van der Waals surface area contributed by atoms with Crippen LogP contribution in [0.2, 0.25) is 0 Å². The van der Waals surface area contributed by atoms with Crippen molar-refractivity contribution in [3.8, 4) is 0 Å². The molecule has 0 aromatic heterocycles. The summed E-state index contributed by atoms with van der Waals surface area (Å²) >= 11 is 0. The molecule has 0 spiro atoms. The average molecular weight is 352 g/mol. The van der Waals surface area contributed by atoms with Gasteiger partial charge in [0.2, 0.25) is 0 Å². The van der Waals surface area contributed by atoms with Crippen LogP contribution in [0.25, 0.3) is 0 Å². The first kappa shape index (κ1) is 18.3. The zero-order chi connectivity index (χ0) is 18.7. The molecule has 0 fully saturated rings. The molecule has 3 aromatic rings.